The largest absolute Gasteiger partial charge is 0.464 e. The SMILES string of the molecule is Cc1ccc(Nc2nc(C(=O)NCc3ccc(F)cc3)cc3occc23)cc1. The van der Waals surface area contributed by atoms with Gasteiger partial charge in [-0.2, -0.15) is 0 Å². The molecule has 0 atom stereocenters. The first kappa shape index (κ1) is 17.7. The highest BCUT2D eigenvalue weighted by molar-refractivity contribution is 5.99. The van der Waals surface area contributed by atoms with Crippen LogP contribution in [0.2, 0.25) is 0 Å². The number of halogens is 1. The van der Waals surface area contributed by atoms with Gasteiger partial charge >= 0.3 is 0 Å². The molecule has 28 heavy (non-hydrogen) atoms. The summed E-state index contributed by atoms with van der Waals surface area (Å²) in [6.45, 7) is 2.29. The minimum Gasteiger partial charge on any atom is -0.464 e. The summed E-state index contributed by atoms with van der Waals surface area (Å²) in [5.41, 5.74) is 3.62. The predicted octanol–water partition coefficient (Wildman–Crippen LogP) is 4.95. The van der Waals surface area contributed by atoms with Gasteiger partial charge in [0.25, 0.3) is 5.91 Å². The molecule has 2 heterocycles. The number of carbonyl (C=O) groups excluding carboxylic acids is 1. The Balaban J connectivity index is 1.57. The van der Waals surface area contributed by atoms with Crippen LogP contribution in [0.25, 0.3) is 11.0 Å². The van der Waals surface area contributed by atoms with E-state index in [0.29, 0.717) is 11.4 Å². The van der Waals surface area contributed by atoms with Gasteiger partial charge in [-0.05, 0) is 42.8 Å². The third-order valence-corrected chi connectivity index (χ3v) is 4.36. The van der Waals surface area contributed by atoms with Gasteiger partial charge in [0, 0.05) is 18.3 Å². The van der Waals surface area contributed by atoms with E-state index < -0.39 is 0 Å². The average molecular weight is 375 g/mol. The fraction of sp³-hybridized carbons (Fsp3) is 0.0909. The Morgan fingerprint density at radius 1 is 1.07 bits per heavy atom. The summed E-state index contributed by atoms with van der Waals surface area (Å²) >= 11 is 0. The average Bonchev–Trinajstić information content (AvgIpc) is 3.18. The summed E-state index contributed by atoms with van der Waals surface area (Å²) in [4.78, 5) is 17.1. The highest BCUT2D eigenvalue weighted by atomic mass is 19.1. The number of rotatable bonds is 5. The van der Waals surface area contributed by atoms with E-state index in [1.165, 1.54) is 12.1 Å². The zero-order chi connectivity index (χ0) is 19.5. The van der Waals surface area contributed by atoms with Gasteiger partial charge in [-0.15, -0.1) is 0 Å². The summed E-state index contributed by atoms with van der Waals surface area (Å²) in [5.74, 6) is -0.108. The summed E-state index contributed by atoms with van der Waals surface area (Å²) < 4.78 is 18.5. The van der Waals surface area contributed by atoms with Crippen molar-refractivity contribution in [3.63, 3.8) is 0 Å². The Bertz CT molecular complexity index is 1120. The van der Waals surface area contributed by atoms with Crippen molar-refractivity contribution in [1.29, 1.82) is 0 Å². The third kappa shape index (κ3) is 3.86. The fourth-order valence-electron chi connectivity index (χ4n) is 2.83. The van der Waals surface area contributed by atoms with Crippen LogP contribution in [0.15, 0.2) is 71.3 Å². The molecule has 0 radical (unpaired) electrons. The molecule has 0 saturated heterocycles. The lowest BCUT2D eigenvalue weighted by atomic mass is 10.2. The van der Waals surface area contributed by atoms with Gasteiger partial charge in [0.05, 0.1) is 11.6 Å². The van der Waals surface area contributed by atoms with Crippen molar-refractivity contribution < 1.29 is 13.6 Å². The van der Waals surface area contributed by atoms with Gasteiger partial charge < -0.3 is 15.1 Å². The number of nitrogens with one attached hydrogen (secondary N) is 2. The molecule has 4 rings (SSSR count). The van der Waals surface area contributed by atoms with E-state index in [2.05, 4.69) is 15.6 Å². The van der Waals surface area contributed by atoms with E-state index in [4.69, 9.17) is 4.42 Å². The fourth-order valence-corrected chi connectivity index (χ4v) is 2.83. The Morgan fingerprint density at radius 2 is 1.82 bits per heavy atom. The lowest BCUT2D eigenvalue weighted by Crippen LogP contribution is -2.24. The maximum Gasteiger partial charge on any atom is 0.270 e. The van der Waals surface area contributed by atoms with E-state index in [-0.39, 0.29) is 24.0 Å². The number of hydrogen-bond donors (Lipinski definition) is 2. The van der Waals surface area contributed by atoms with Gasteiger partial charge in [0.15, 0.2) is 0 Å². The summed E-state index contributed by atoms with van der Waals surface area (Å²) in [6.07, 6.45) is 1.56. The molecule has 0 aliphatic rings. The molecular formula is C22H18FN3O2. The maximum atomic E-state index is 13.0. The van der Waals surface area contributed by atoms with Crippen LogP contribution in [0.3, 0.4) is 0 Å². The second-order valence-electron chi connectivity index (χ2n) is 6.49. The van der Waals surface area contributed by atoms with Crippen molar-refractivity contribution in [3.8, 4) is 0 Å². The summed E-state index contributed by atoms with van der Waals surface area (Å²) in [5, 5.41) is 6.83. The summed E-state index contributed by atoms with van der Waals surface area (Å²) in [6, 6.07) is 17.3. The second-order valence-corrected chi connectivity index (χ2v) is 6.49. The van der Waals surface area contributed by atoms with Crippen molar-refractivity contribution in [3.05, 3.63) is 89.6 Å². The highest BCUT2D eigenvalue weighted by Gasteiger charge is 2.14. The summed E-state index contributed by atoms with van der Waals surface area (Å²) in [7, 11) is 0. The Morgan fingerprint density at radius 3 is 2.57 bits per heavy atom. The Kier molecular flexibility index (Phi) is 4.76. The number of pyridine rings is 1. The van der Waals surface area contributed by atoms with Gasteiger partial charge in [0.2, 0.25) is 0 Å². The van der Waals surface area contributed by atoms with Gasteiger partial charge in [-0.1, -0.05) is 29.8 Å². The predicted molar refractivity (Wildman–Crippen MR) is 106 cm³/mol. The van der Waals surface area contributed by atoms with Crippen LogP contribution in [0.4, 0.5) is 15.9 Å². The quantitative estimate of drug-likeness (QED) is 0.518. The van der Waals surface area contributed by atoms with Crippen molar-refractivity contribution in [2.24, 2.45) is 0 Å². The lowest BCUT2D eigenvalue weighted by molar-refractivity contribution is 0.0946. The molecule has 5 nitrogen and oxygen atoms in total. The number of furan rings is 1. The first-order valence-corrected chi connectivity index (χ1v) is 8.83. The Hall–Kier alpha value is -3.67. The van der Waals surface area contributed by atoms with E-state index in [1.807, 2.05) is 31.2 Å². The van der Waals surface area contributed by atoms with Gasteiger partial charge in [-0.25, -0.2) is 9.37 Å². The first-order valence-electron chi connectivity index (χ1n) is 8.83. The van der Waals surface area contributed by atoms with Crippen LogP contribution < -0.4 is 10.6 Å². The molecule has 2 aromatic heterocycles. The number of aromatic nitrogens is 1. The smallest absolute Gasteiger partial charge is 0.270 e. The monoisotopic (exact) mass is 375 g/mol. The number of amides is 1. The minimum atomic E-state index is -0.338. The highest BCUT2D eigenvalue weighted by Crippen LogP contribution is 2.26. The number of fused-ring (bicyclic) bond motifs is 1. The van der Waals surface area contributed by atoms with Crippen molar-refractivity contribution >= 4 is 28.4 Å². The molecule has 0 unspecified atom stereocenters. The van der Waals surface area contributed by atoms with Crippen LogP contribution in [-0.2, 0) is 6.54 Å². The number of benzene rings is 2. The molecule has 0 saturated carbocycles. The standard InChI is InChI=1S/C22H18FN3O2/c1-14-2-8-17(9-3-14)25-21-18-10-11-28-20(18)12-19(26-21)22(27)24-13-15-4-6-16(23)7-5-15/h2-12H,13H2,1H3,(H,24,27)(H,25,26). The molecule has 1 amide bonds. The molecule has 140 valence electrons. The van der Waals surface area contributed by atoms with Crippen molar-refractivity contribution in [2.45, 2.75) is 13.5 Å². The van der Waals surface area contributed by atoms with E-state index in [9.17, 15) is 9.18 Å². The minimum absolute atomic E-state index is 0.235. The first-order chi connectivity index (χ1) is 13.6. The number of carbonyl (C=O) groups is 1. The molecule has 0 spiro atoms. The molecule has 0 fully saturated rings. The number of anilines is 2. The molecule has 4 aromatic rings. The number of aryl methyl sites for hydroxylation is 1. The lowest BCUT2D eigenvalue weighted by Gasteiger charge is -2.10. The van der Waals surface area contributed by atoms with Crippen LogP contribution in [0.1, 0.15) is 21.6 Å². The molecule has 0 bridgehead atoms. The molecule has 0 aliphatic heterocycles. The van der Waals surface area contributed by atoms with Crippen LogP contribution in [-0.4, -0.2) is 10.9 Å². The molecule has 0 aliphatic carbocycles. The maximum absolute atomic E-state index is 13.0. The van der Waals surface area contributed by atoms with Crippen LogP contribution in [0, 0.1) is 12.7 Å². The normalized spacial score (nSPS) is 10.8. The van der Waals surface area contributed by atoms with Crippen LogP contribution in [0.5, 0.6) is 0 Å². The van der Waals surface area contributed by atoms with Gasteiger partial charge in [-0.3, -0.25) is 4.79 Å². The van der Waals surface area contributed by atoms with E-state index in [0.717, 1.165) is 22.2 Å². The van der Waals surface area contributed by atoms with Crippen molar-refractivity contribution in [2.75, 3.05) is 5.32 Å². The van der Waals surface area contributed by atoms with Crippen molar-refractivity contribution in [1.82, 2.24) is 10.3 Å². The Labute approximate surface area is 161 Å². The van der Waals surface area contributed by atoms with E-state index in [1.54, 1.807) is 30.5 Å². The zero-order valence-corrected chi connectivity index (χ0v) is 15.2. The zero-order valence-electron chi connectivity index (χ0n) is 15.2. The third-order valence-electron chi connectivity index (χ3n) is 4.36. The number of hydrogen-bond acceptors (Lipinski definition) is 4. The topological polar surface area (TPSA) is 67.2 Å². The van der Waals surface area contributed by atoms with Crippen LogP contribution >= 0.6 is 0 Å². The van der Waals surface area contributed by atoms with Gasteiger partial charge in [0.1, 0.15) is 22.9 Å². The molecule has 6 heteroatoms. The molecular weight excluding hydrogens is 357 g/mol. The second kappa shape index (κ2) is 7.52. The number of nitrogens with zero attached hydrogens (tertiary/aromatic N) is 1. The van der Waals surface area contributed by atoms with E-state index >= 15 is 0 Å². The molecule has 2 aromatic carbocycles. The molecule has 2 N–H and O–H groups in total.